The maximum Gasteiger partial charge on any atom is 0.219 e. The monoisotopic (exact) mass is 298 g/mol. The van der Waals surface area contributed by atoms with Crippen LogP contribution in [0.25, 0.3) is 11.3 Å². The van der Waals surface area contributed by atoms with E-state index in [2.05, 4.69) is 0 Å². The number of carbonyl (C=O) groups is 1. The lowest BCUT2D eigenvalue weighted by atomic mass is 10.1. The van der Waals surface area contributed by atoms with Crippen LogP contribution >= 0.6 is 23.2 Å². The zero-order valence-corrected chi connectivity index (χ0v) is 11.4. The molecule has 1 aromatic carbocycles. The van der Waals surface area contributed by atoms with Gasteiger partial charge in [-0.15, -0.1) is 0 Å². The van der Waals surface area contributed by atoms with Gasteiger partial charge in [-0.25, -0.2) is 0 Å². The Balaban J connectivity index is 2.25. The average molecular weight is 299 g/mol. The summed E-state index contributed by atoms with van der Waals surface area (Å²) in [7, 11) is 0. The average Bonchev–Trinajstić information content (AvgIpc) is 2.81. The highest BCUT2D eigenvalue weighted by molar-refractivity contribution is 6.42. The maximum atomic E-state index is 10.8. The van der Waals surface area contributed by atoms with Crippen molar-refractivity contribution in [2.75, 3.05) is 0 Å². The number of carbonyl (C=O) groups excluding carboxylic acids is 1. The molecule has 19 heavy (non-hydrogen) atoms. The predicted molar refractivity (Wildman–Crippen MR) is 74.9 cm³/mol. The van der Waals surface area contributed by atoms with Crippen LogP contribution in [0.3, 0.4) is 0 Å². The number of amides is 1. The van der Waals surface area contributed by atoms with Crippen LogP contribution in [-0.2, 0) is 4.79 Å². The Hall–Kier alpha value is -1.49. The van der Waals surface area contributed by atoms with Gasteiger partial charge in [-0.2, -0.15) is 0 Å². The third-order valence-electron chi connectivity index (χ3n) is 2.62. The van der Waals surface area contributed by atoms with Crippen molar-refractivity contribution < 1.29 is 9.21 Å². The Morgan fingerprint density at radius 3 is 2.58 bits per heavy atom. The van der Waals surface area contributed by atoms with Crippen LogP contribution in [0, 0.1) is 0 Å². The minimum Gasteiger partial charge on any atom is -0.459 e. The number of furan rings is 1. The van der Waals surface area contributed by atoms with E-state index in [9.17, 15) is 4.79 Å². The summed E-state index contributed by atoms with van der Waals surface area (Å²) in [4.78, 5) is 10.8. The molecule has 0 saturated carbocycles. The molecule has 0 spiro atoms. The van der Waals surface area contributed by atoms with Crippen molar-refractivity contribution in [2.24, 2.45) is 11.5 Å². The molecule has 4 nitrogen and oxygen atoms in total. The Bertz CT molecular complexity index is 610. The lowest BCUT2D eigenvalue weighted by Crippen LogP contribution is -2.20. The van der Waals surface area contributed by atoms with Gasteiger partial charge in [-0.3, -0.25) is 4.79 Å². The van der Waals surface area contributed by atoms with Crippen molar-refractivity contribution in [2.45, 2.75) is 12.5 Å². The Morgan fingerprint density at radius 1 is 1.21 bits per heavy atom. The van der Waals surface area contributed by atoms with Crippen molar-refractivity contribution in [3.05, 3.63) is 46.1 Å². The molecule has 0 bridgehead atoms. The number of hydrogen-bond donors (Lipinski definition) is 2. The van der Waals surface area contributed by atoms with E-state index in [1.807, 2.05) is 0 Å². The van der Waals surface area contributed by atoms with Crippen LogP contribution in [0.1, 0.15) is 18.2 Å². The fourth-order valence-electron chi connectivity index (χ4n) is 1.67. The first-order valence-corrected chi connectivity index (χ1v) is 6.32. The summed E-state index contributed by atoms with van der Waals surface area (Å²) in [6.07, 6.45) is 0.0360. The number of primary amides is 1. The standard InChI is InChI=1S/C13H12Cl2N2O2/c14-8-2-1-7(5-9(8)15)11-3-4-12(19-11)10(16)6-13(17)18/h1-5,10H,6,16H2,(H2,17,18)/t10-/m1/s1. The molecule has 2 rings (SSSR count). The highest BCUT2D eigenvalue weighted by Crippen LogP contribution is 2.30. The van der Waals surface area contributed by atoms with E-state index >= 15 is 0 Å². The molecule has 0 saturated heterocycles. The molecule has 0 fully saturated rings. The molecule has 2 aromatic rings. The number of nitrogens with two attached hydrogens (primary N) is 2. The molecule has 6 heteroatoms. The summed E-state index contributed by atoms with van der Waals surface area (Å²) in [5.41, 5.74) is 11.7. The van der Waals surface area contributed by atoms with E-state index in [-0.39, 0.29) is 6.42 Å². The third-order valence-corrected chi connectivity index (χ3v) is 3.36. The van der Waals surface area contributed by atoms with E-state index in [1.165, 1.54) is 0 Å². The predicted octanol–water partition coefficient (Wildman–Crippen LogP) is 3.13. The first-order chi connectivity index (χ1) is 8.97. The van der Waals surface area contributed by atoms with Gasteiger partial charge in [0.05, 0.1) is 16.1 Å². The van der Waals surface area contributed by atoms with Gasteiger partial charge in [-0.05, 0) is 30.3 Å². The van der Waals surface area contributed by atoms with Gasteiger partial charge in [0.25, 0.3) is 0 Å². The normalized spacial score (nSPS) is 12.4. The largest absolute Gasteiger partial charge is 0.459 e. The summed E-state index contributed by atoms with van der Waals surface area (Å²) in [6.45, 7) is 0. The Kier molecular flexibility index (Phi) is 4.14. The van der Waals surface area contributed by atoms with E-state index in [4.69, 9.17) is 39.1 Å². The first kappa shape index (κ1) is 13.9. The smallest absolute Gasteiger partial charge is 0.219 e. The van der Waals surface area contributed by atoms with Gasteiger partial charge in [0.1, 0.15) is 11.5 Å². The lowest BCUT2D eigenvalue weighted by Gasteiger charge is -2.05. The van der Waals surface area contributed by atoms with Gasteiger partial charge < -0.3 is 15.9 Å². The van der Waals surface area contributed by atoms with E-state index in [0.717, 1.165) is 5.56 Å². The van der Waals surface area contributed by atoms with Crippen LogP contribution in [0.5, 0.6) is 0 Å². The molecule has 4 N–H and O–H groups in total. The summed E-state index contributed by atoms with van der Waals surface area (Å²) in [5, 5.41) is 0.918. The highest BCUT2D eigenvalue weighted by Gasteiger charge is 2.14. The van der Waals surface area contributed by atoms with Gasteiger partial charge in [0.15, 0.2) is 0 Å². The molecule has 0 aliphatic carbocycles. The summed E-state index contributed by atoms with van der Waals surface area (Å²) >= 11 is 11.8. The van der Waals surface area contributed by atoms with Crippen molar-refractivity contribution in [1.82, 2.24) is 0 Å². The second kappa shape index (κ2) is 5.65. The molecular weight excluding hydrogens is 287 g/mol. The molecular formula is C13H12Cl2N2O2. The lowest BCUT2D eigenvalue weighted by molar-refractivity contribution is -0.118. The molecule has 0 aliphatic rings. The van der Waals surface area contributed by atoms with Crippen LogP contribution in [0.4, 0.5) is 0 Å². The fraction of sp³-hybridized carbons (Fsp3) is 0.154. The van der Waals surface area contributed by atoms with Crippen LogP contribution in [-0.4, -0.2) is 5.91 Å². The van der Waals surface area contributed by atoms with Crippen LogP contribution < -0.4 is 11.5 Å². The molecule has 0 unspecified atom stereocenters. The Morgan fingerprint density at radius 2 is 1.95 bits per heavy atom. The van der Waals surface area contributed by atoms with Crippen molar-refractivity contribution >= 4 is 29.1 Å². The van der Waals surface area contributed by atoms with Gasteiger partial charge in [-0.1, -0.05) is 23.2 Å². The molecule has 1 amide bonds. The summed E-state index contributed by atoms with van der Waals surface area (Å²) in [6, 6.07) is 8.10. The number of hydrogen-bond acceptors (Lipinski definition) is 3. The molecule has 0 aliphatic heterocycles. The quantitative estimate of drug-likeness (QED) is 0.910. The topological polar surface area (TPSA) is 82.2 Å². The minimum absolute atomic E-state index is 0.0360. The third kappa shape index (κ3) is 3.29. The van der Waals surface area contributed by atoms with Crippen LogP contribution in [0.2, 0.25) is 10.0 Å². The molecule has 1 atom stereocenters. The van der Waals surface area contributed by atoms with Gasteiger partial charge in [0, 0.05) is 12.0 Å². The second-order valence-corrected chi connectivity index (χ2v) is 4.92. The minimum atomic E-state index is -0.547. The van der Waals surface area contributed by atoms with Crippen molar-refractivity contribution in [3.8, 4) is 11.3 Å². The number of halogens is 2. The van der Waals surface area contributed by atoms with Crippen molar-refractivity contribution in [3.63, 3.8) is 0 Å². The fourth-order valence-corrected chi connectivity index (χ4v) is 1.97. The van der Waals surface area contributed by atoms with Crippen molar-refractivity contribution in [1.29, 1.82) is 0 Å². The van der Waals surface area contributed by atoms with Crippen LogP contribution in [0.15, 0.2) is 34.7 Å². The van der Waals surface area contributed by atoms with E-state index in [0.29, 0.717) is 21.6 Å². The molecule has 1 aromatic heterocycles. The van der Waals surface area contributed by atoms with Gasteiger partial charge >= 0.3 is 0 Å². The molecule has 1 heterocycles. The first-order valence-electron chi connectivity index (χ1n) is 5.56. The molecule has 0 radical (unpaired) electrons. The summed E-state index contributed by atoms with van der Waals surface area (Å²) < 4.78 is 5.59. The summed E-state index contributed by atoms with van der Waals surface area (Å²) in [5.74, 6) is 0.633. The highest BCUT2D eigenvalue weighted by atomic mass is 35.5. The van der Waals surface area contributed by atoms with E-state index < -0.39 is 11.9 Å². The zero-order chi connectivity index (χ0) is 14.0. The second-order valence-electron chi connectivity index (χ2n) is 4.11. The number of benzene rings is 1. The number of rotatable bonds is 4. The zero-order valence-electron chi connectivity index (χ0n) is 9.90. The molecule has 100 valence electrons. The SMILES string of the molecule is NC(=O)C[C@@H](N)c1ccc(-c2ccc(Cl)c(Cl)c2)o1. The van der Waals surface area contributed by atoms with Gasteiger partial charge in [0.2, 0.25) is 5.91 Å². The maximum absolute atomic E-state index is 10.8. The van der Waals surface area contributed by atoms with E-state index in [1.54, 1.807) is 30.3 Å². The Labute approximate surface area is 120 Å².